The normalized spacial score (nSPS) is 14.1. The van der Waals surface area contributed by atoms with Crippen molar-refractivity contribution < 1.29 is 28.8 Å². The number of carbonyl (C=O) groups excluding carboxylic acids is 4. The molecule has 2 aromatic carbocycles. The highest BCUT2D eigenvalue weighted by atomic mass is 127. The molecule has 5 amide bonds. The number of hydrogen-bond donors (Lipinski definition) is 4. The molecule has 164 valence electrons. The fourth-order valence-corrected chi connectivity index (χ4v) is 4.06. The zero-order valence-electron chi connectivity index (χ0n) is 16.7. The monoisotopic (exact) mass is 542 g/mol. The summed E-state index contributed by atoms with van der Waals surface area (Å²) in [5.41, 5.74) is 1.64. The Labute approximate surface area is 190 Å². The van der Waals surface area contributed by atoms with E-state index in [1.165, 1.54) is 18.2 Å². The SMILES string of the molecule is CC(C)CC(CNC(=O)Nc1c(F)cc2c3c(cccc13)C(=O)N(I)C2=O)C(=O)NO. The van der Waals surface area contributed by atoms with Crippen molar-refractivity contribution in [3.63, 3.8) is 0 Å². The number of nitrogens with one attached hydrogen (secondary N) is 3. The molecule has 1 atom stereocenters. The number of benzene rings is 2. The second kappa shape index (κ2) is 9.14. The van der Waals surface area contributed by atoms with E-state index in [0.717, 1.165) is 9.18 Å². The van der Waals surface area contributed by atoms with Gasteiger partial charge in [-0.15, -0.1) is 0 Å². The molecule has 0 spiro atoms. The van der Waals surface area contributed by atoms with E-state index in [-0.39, 0.29) is 40.0 Å². The van der Waals surface area contributed by atoms with E-state index in [1.54, 1.807) is 28.3 Å². The van der Waals surface area contributed by atoms with Gasteiger partial charge in [0.15, 0.2) is 0 Å². The third-order valence-electron chi connectivity index (χ3n) is 4.91. The van der Waals surface area contributed by atoms with E-state index < -0.39 is 35.5 Å². The van der Waals surface area contributed by atoms with E-state index in [4.69, 9.17) is 5.21 Å². The van der Waals surface area contributed by atoms with Crippen molar-refractivity contribution in [2.45, 2.75) is 20.3 Å². The minimum absolute atomic E-state index is 0.0275. The maximum absolute atomic E-state index is 14.8. The number of anilines is 1. The van der Waals surface area contributed by atoms with Gasteiger partial charge in [0.25, 0.3) is 11.8 Å². The first-order valence-electron chi connectivity index (χ1n) is 9.44. The Kier molecular flexibility index (Phi) is 6.74. The number of amides is 5. The first-order chi connectivity index (χ1) is 14.6. The molecule has 0 saturated heterocycles. The first kappa shape index (κ1) is 22.9. The van der Waals surface area contributed by atoms with E-state index in [0.29, 0.717) is 6.42 Å². The van der Waals surface area contributed by atoms with Crippen LogP contribution in [0.25, 0.3) is 10.8 Å². The van der Waals surface area contributed by atoms with Gasteiger partial charge in [0.1, 0.15) is 5.82 Å². The van der Waals surface area contributed by atoms with Gasteiger partial charge in [-0.2, -0.15) is 0 Å². The van der Waals surface area contributed by atoms with Crippen LogP contribution in [0.15, 0.2) is 24.3 Å². The Morgan fingerprint density at radius 3 is 2.52 bits per heavy atom. The average molecular weight is 542 g/mol. The predicted octanol–water partition coefficient (Wildman–Crippen LogP) is 3.21. The molecule has 11 heteroatoms. The van der Waals surface area contributed by atoms with Crippen LogP contribution in [-0.4, -0.2) is 38.6 Å². The maximum atomic E-state index is 14.8. The van der Waals surface area contributed by atoms with Crippen LogP contribution >= 0.6 is 22.9 Å². The van der Waals surface area contributed by atoms with Crippen molar-refractivity contribution >= 4 is 63.1 Å². The molecule has 1 heterocycles. The quantitative estimate of drug-likeness (QED) is 0.147. The van der Waals surface area contributed by atoms with Gasteiger partial charge in [0.2, 0.25) is 5.91 Å². The summed E-state index contributed by atoms with van der Waals surface area (Å²) in [5, 5.41) is 14.3. The second-order valence-corrected chi connectivity index (χ2v) is 8.50. The summed E-state index contributed by atoms with van der Waals surface area (Å²) in [5.74, 6) is -3.19. The molecule has 0 bridgehead atoms. The molecule has 4 N–H and O–H groups in total. The van der Waals surface area contributed by atoms with Gasteiger partial charge < -0.3 is 10.6 Å². The second-order valence-electron chi connectivity index (χ2n) is 7.54. The number of hydrogen-bond acceptors (Lipinski definition) is 5. The van der Waals surface area contributed by atoms with Crippen molar-refractivity contribution in [3.05, 3.63) is 41.2 Å². The molecule has 9 nitrogen and oxygen atoms in total. The fraction of sp³-hybridized carbons (Fsp3) is 0.300. The molecule has 3 rings (SSSR count). The Bertz CT molecular complexity index is 1090. The summed E-state index contributed by atoms with van der Waals surface area (Å²) in [6.07, 6.45) is 0.416. The van der Waals surface area contributed by atoms with Crippen LogP contribution in [0, 0.1) is 17.7 Å². The van der Waals surface area contributed by atoms with Crippen molar-refractivity contribution in [1.29, 1.82) is 0 Å². The van der Waals surface area contributed by atoms with Crippen LogP contribution in [0.5, 0.6) is 0 Å². The van der Waals surface area contributed by atoms with Gasteiger partial charge in [-0.3, -0.25) is 19.6 Å². The zero-order chi connectivity index (χ0) is 22.9. The molecule has 0 fully saturated rings. The molecular weight excluding hydrogens is 522 g/mol. The Balaban J connectivity index is 1.89. The topological polar surface area (TPSA) is 128 Å². The smallest absolute Gasteiger partial charge is 0.319 e. The summed E-state index contributed by atoms with van der Waals surface area (Å²) in [6.45, 7) is 3.70. The van der Waals surface area contributed by atoms with Gasteiger partial charge in [-0.05, 0) is 24.5 Å². The lowest BCUT2D eigenvalue weighted by Gasteiger charge is -2.23. The molecule has 0 radical (unpaired) electrons. The molecule has 0 aliphatic carbocycles. The lowest BCUT2D eigenvalue weighted by Crippen LogP contribution is -2.40. The maximum Gasteiger partial charge on any atom is 0.319 e. The summed E-state index contributed by atoms with van der Waals surface area (Å²) in [7, 11) is 0. The highest BCUT2D eigenvalue weighted by Gasteiger charge is 2.33. The van der Waals surface area contributed by atoms with Crippen molar-refractivity contribution in [2.75, 3.05) is 11.9 Å². The molecule has 0 aromatic heterocycles. The average Bonchev–Trinajstić information content (AvgIpc) is 2.74. The van der Waals surface area contributed by atoms with Crippen LogP contribution in [0.4, 0.5) is 14.9 Å². The van der Waals surface area contributed by atoms with Crippen LogP contribution in [0.3, 0.4) is 0 Å². The minimum atomic E-state index is -0.839. The van der Waals surface area contributed by atoms with E-state index >= 15 is 0 Å². The lowest BCUT2D eigenvalue weighted by atomic mass is 9.94. The number of rotatable bonds is 6. The third-order valence-corrected chi connectivity index (χ3v) is 5.79. The number of halogens is 2. The molecular formula is C20H20FIN4O5. The standard InChI is InChI=1S/C20H20FIN4O5/c1-9(2)6-10(17(27)25-31)8-23-20(30)24-16-11-4-3-5-12-15(11)13(7-14(16)21)19(29)26(22)18(12)28/h3-5,7,9-10,31H,6,8H2,1-2H3,(H,25,27)(H2,23,24,30). The molecule has 1 unspecified atom stereocenters. The first-order valence-corrected chi connectivity index (χ1v) is 10.4. The van der Waals surface area contributed by atoms with Crippen LogP contribution in [-0.2, 0) is 4.79 Å². The Morgan fingerprint density at radius 1 is 1.19 bits per heavy atom. The van der Waals surface area contributed by atoms with Crippen LogP contribution in [0.2, 0.25) is 0 Å². The summed E-state index contributed by atoms with van der Waals surface area (Å²) >= 11 is 1.57. The molecule has 0 saturated carbocycles. The van der Waals surface area contributed by atoms with E-state index in [1.807, 2.05) is 13.8 Å². The molecule has 1 aliphatic rings. The molecule has 1 aliphatic heterocycles. The Morgan fingerprint density at radius 2 is 1.87 bits per heavy atom. The van der Waals surface area contributed by atoms with E-state index in [2.05, 4.69) is 10.6 Å². The lowest BCUT2D eigenvalue weighted by molar-refractivity contribution is -0.133. The number of imide groups is 1. The number of nitrogens with zero attached hydrogens (tertiary/aromatic N) is 1. The minimum Gasteiger partial charge on any atom is -0.337 e. The summed E-state index contributed by atoms with van der Waals surface area (Å²) in [4.78, 5) is 49.1. The highest BCUT2D eigenvalue weighted by Crippen LogP contribution is 2.37. The number of urea groups is 1. The van der Waals surface area contributed by atoms with E-state index in [9.17, 15) is 23.6 Å². The van der Waals surface area contributed by atoms with Gasteiger partial charge in [-0.1, -0.05) is 26.0 Å². The predicted molar refractivity (Wildman–Crippen MR) is 118 cm³/mol. The largest absolute Gasteiger partial charge is 0.337 e. The third kappa shape index (κ3) is 4.46. The number of hydroxylamine groups is 1. The van der Waals surface area contributed by atoms with Crippen molar-refractivity contribution in [1.82, 2.24) is 13.9 Å². The van der Waals surface area contributed by atoms with Crippen LogP contribution < -0.4 is 16.1 Å². The number of carbonyl (C=O) groups is 4. The van der Waals surface area contributed by atoms with Crippen molar-refractivity contribution in [2.24, 2.45) is 11.8 Å². The zero-order valence-corrected chi connectivity index (χ0v) is 18.8. The van der Waals surface area contributed by atoms with Crippen molar-refractivity contribution in [3.8, 4) is 0 Å². The molecule has 31 heavy (non-hydrogen) atoms. The van der Waals surface area contributed by atoms with Gasteiger partial charge in [-0.25, -0.2) is 17.8 Å². The molecule has 2 aromatic rings. The van der Waals surface area contributed by atoms with Gasteiger partial charge in [0, 0.05) is 22.9 Å². The summed E-state index contributed by atoms with van der Waals surface area (Å²) in [6, 6.07) is 4.78. The van der Waals surface area contributed by atoms with Crippen LogP contribution in [0.1, 0.15) is 41.0 Å². The Hall–Kier alpha value is -2.80. The summed E-state index contributed by atoms with van der Waals surface area (Å²) < 4.78 is 15.7. The highest BCUT2D eigenvalue weighted by molar-refractivity contribution is 14.1. The van der Waals surface area contributed by atoms with Gasteiger partial charge >= 0.3 is 6.03 Å². The fourth-order valence-electron chi connectivity index (χ4n) is 3.55. The van der Waals surface area contributed by atoms with Gasteiger partial charge in [0.05, 0.1) is 40.0 Å².